The fourth-order valence-electron chi connectivity index (χ4n) is 3.20. The molecule has 3 rings (SSSR count). The monoisotopic (exact) mass is 505 g/mol. The van der Waals surface area contributed by atoms with Crippen molar-refractivity contribution >= 4 is 24.4 Å². The predicted molar refractivity (Wildman–Crippen MR) is 134 cm³/mol. The summed E-state index contributed by atoms with van der Waals surface area (Å²) in [6.45, 7) is -0.351. The van der Waals surface area contributed by atoms with E-state index in [-0.39, 0.29) is 18.9 Å². The lowest BCUT2D eigenvalue weighted by Gasteiger charge is -2.21. The van der Waals surface area contributed by atoms with E-state index in [0.717, 1.165) is 5.56 Å². The third-order valence-corrected chi connectivity index (χ3v) is 5.13. The van der Waals surface area contributed by atoms with Crippen molar-refractivity contribution in [1.29, 1.82) is 0 Å². The van der Waals surface area contributed by atoms with E-state index in [1.54, 1.807) is 66.7 Å². The molecule has 0 saturated heterocycles. The van der Waals surface area contributed by atoms with Gasteiger partial charge in [0.15, 0.2) is 0 Å². The summed E-state index contributed by atoms with van der Waals surface area (Å²) >= 11 is 0. The first-order chi connectivity index (χ1) is 18.0. The molecule has 0 aliphatic carbocycles. The molecule has 10 heteroatoms. The highest BCUT2D eigenvalue weighted by Crippen LogP contribution is 2.17. The Kier molecular flexibility index (Phi) is 10.0. The average molecular weight is 506 g/mol. The van der Waals surface area contributed by atoms with Crippen LogP contribution >= 0.6 is 0 Å². The maximum absolute atomic E-state index is 13.0. The summed E-state index contributed by atoms with van der Waals surface area (Å²) in [5.74, 6) is 0.132. The number of nitrogens with one attached hydrogen (secondary N) is 3. The van der Waals surface area contributed by atoms with Gasteiger partial charge in [0, 0.05) is 0 Å². The first-order valence-electron chi connectivity index (χ1n) is 11.4. The van der Waals surface area contributed by atoms with Crippen LogP contribution in [-0.2, 0) is 20.9 Å². The number of carbonyl (C=O) groups excluding carboxylic acids is 4. The Bertz CT molecular complexity index is 1170. The number of hydrogen-bond donors (Lipinski definition) is 3. The number of alkyl carbamates (subject to hydrolysis) is 1. The maximum atomic E-state index is 13.0. The van der Waals surface area contributed by atoms with Crippen LogP contribution in [0.5, 0.6) is 11.5 Å². The van der Waals surface area contributed by atoms with Crippen LogP contribution in [0.4, 0.5) is 9.59 Å². The van der Waals surface area contributed by atoms with Gasteiger partial charge < -0.3 is 35.0 Å². The first kappa shape index (κ1) is 26.7. The standard InChI is InChI=1S/C27H27N3O7/c1-35-21-12-14-22(15-13-21)37-26(33)28-16-23(30-27(34)36-18-19-8-4-2-5-9-19)25(32)29-24(17-31)20-10-6-3-7-11-20/h2-15,17,23-24H,16,18H2,1H3,(H,28,33)(H,29,32)(H,30,34). The number of amides is 3. The molecule has 10 nitrogen and oxygen atoms in total. The summed E-state index contributed by atoms with van der Waals surface area (Å²) in [4.78, 5) is 49.3. The number of benzene rings is 3. The van der Waals surface area contributed by atoms with Crippen LogP contribution in [0, 0.1) is 0 Å². The van der Waals surface area contributed by atoms with Crippen molar-refractivity contribution in [2.24, 2.45) is 0 Å². The van der Waals surface area contributed by atoms with Gasteiger partial charge in [0.25, 0.3) is 0 Å². The highest BCUT2D eigenvalue weighted by atomic mass is 16.6. The van der Waals surface area contributed by atoms with E-state index >= 15 is 0 Å². The van der Waals surface area contributed by atoms with Gasteiger partial charge >= 0.3 is 12.2 Å². The Balaban J connectivity index is 1.63. The molecule has 0 fully saturated rings. The summed E-state index contributed by atoms with van der Waals surface area (Å²) in [6, 6.07) is 21.7. The fourth-order valence-corrected chi connectivity index (χ4v) is 3.20. The third-order valence-electron chi connectivity index (χ3n) is 5.13. The van der Waals surface area contributed by atoms with E-state index in [1.807, 2.05) is 6.07 Å². The molecule has 0 aromatic heterocycles. The molecule has 3 amide bonds. The normalized spacial score (nSPS) is 11.8. The van der Waals surface area contributed by atoms with Crippen LogP contribution in [-0.4, -0.2) is 44.1 Å². The minimum Gasteiger partial charge on any atom is -0.497 e. The minimum absolute atomic E-state index is 0.0189. The fraction of sp³-hybridized carbons (Fsp3) is 0.185. The van der Waals surface area contributed by atoms with Crippen molar-refractivity contribution in [1.82, 2.24) is 16.0 Å². The predicted octanol–water partition coefficient (Wildman–Crippen LogP) is 3.14. The molecule has 2 atom stereocenters. The second-order valence-corrected chi connectivity index (χ2v) is 7.74. The van der Waals surface area contributed by atoms with Crippen molar-refractivity contribution < 1.29 is 33.4 Å². The number of methoxy groups -OCH3 is 1. The molecule has 192 valence electrons. The molecule has 0 spiro atoms. The van der Waals surface area contributed by atoms with Gasteiger partial charge in [0.2, 0.25) is 5.91 Å². The molecule has 37 heavy (non-hydrogen) atoms. The Morgan fingerprint density at radius 3 is 2.05 bits per heavy atom. The lowest BCUT2D eigenvalue weighted by atomic mass is 10.1. The Labute approximate surface area is 213 Å². The molecule has 0 radical (unpaired) electrons. The molecule has 0 bridgehead atoms. The number of ether oxygens (including phenoxy) is 3. The third kappa shape index (κ3) is 8.70. The first-order valence-corrected chi connectivity index (χ1v) is 11.4. The van der Waals surface area contributed by atoms with E-state index in [2.05, 4.69) is 16.0 Å². The summed E-state index contributed by atoms with van der Waals surface area (Å²) in [6.07, 6.45) is -1.15. The van der Waals surface area contributed by atoms with Crippen LogP contribution in [0.1, 0.15) is 17.2 Å². The van der Waals surface area contributed by atoms with Crippen LogP contribution in [0.15, 0.2) is 84.9 Å². The van der Waals surface area contributed by atoms with Crippen molar-refractivity contribution in [3.8, 4) is 11.5 Å². The van der Waals surface area contributed by atoms with E-state index in [1.165, 1.54) is 19.2 Å². The van der Waals surface area contributed by atoms with E-state index in [4.69, 9.17) is 14.2 Å². The van der Waals surface area contributed by atoms with Crippen molar-refractivity contribution in [3.05, 3.63) is 96.1 Å². The summed E-state index contributed by atoms with van der Waals surface area (Å²) in [5, 5.41) is 7.43. The topological polar surface area (TPSA) is 132 Å². The van der Waals surface area contributed by atoms with Gasteiger partial charge in [-0.25, -0.2) is 9.59 Å². The molecule has 3 aromatic rings. The SMILES string of the molecule is COc1ccc(OC(=O)NCC(NC(=O)OCc2ccccc2)C(=O)NC(C=O)c2ccccc2)cc1. The number of aldehydes is 1. The molecule has 0 heterocycles. The van der Waals surface area contributed by atoms with Crippen LogP contribution < -0.4 is 25.4 Å². The average Bonchev–Trinajstić information content (AvgIpc) is 2.94. The smallest absolute Gasteiger partial charge is 0.412 e. The van der Waals surface area contributed by atoms with Crippen molar-refractivity contribution in [3.63, 3.8) is 0 Å². The van der Waals surface area contributed by atoms with Crippen LogP contribution in [0.3, 0.4) is 0 Å². The summed E-state index contributed by atoms with van der Waals surface area (Å²) < 4.78 is 15.4. The quantitative estimate of drug-likeness (QED) is 0.341. The molecular formula is C27H27N3O7. The molecule has 0 saturated carbocycles. The Morgan fingerprint density at radius 2 is 1.43 bits per heavy atom. The summed E-state index contributed by atoms with van der Waals surface area (Å²) in [7, 11) is 1.51. The second kappa shape index (κ2) is 13.9. The second-order valence-electron chi connectivity index (χ2n) is 7.74. The largest absolute Gasteiger partial charge is 0.497 e. The Morgan fingerprint density at radius 1 is 0.811 bits per heavy atom. The molecule has 0 aliphatic heterocycles. The van der Waals surface area contributed by atoms with Crippen molar-refractivity contribution in [2.45, 2.75) is 18.7 Å². The molecule has 3 N–H and O–H groups in total. The number of hydrogen-bond acceptors (Lipinski definition) is 7. The lowest BCUT2D eigenvalue weighted by Crippen LogP contribution is -2.53. The number of rotatable bonds is 11. The molecule has 3 aromatic carbocycles. The zero-order valence-corrected chi connectivity index (χ0v) is 20.1. The van der Waals surface area contributed by atoms with Gasteiger partial charge in [0.05, 0.1) is 13.7 Å². The van der Waals surface area contributed by atoms with Gasteiger partial charge in [-0.05, 0) is 35.4 Å². The maximum Gasteiger partial charge on any atom is 0.412 e. The zero-order valence-electron chi connectivity index (χ0n) is 20.1. The lowest BCUT2D eigenvalue weighted by molar-refractivity contribution is -0.125. The molecular weight excluding hydrogens is 478 g/mol. The van der Waals surface area contributed by atoms with Crippen molar-refractivity contribution in [2.75, 3.05) is 13.7 Å². The van der Waals surface area contributed by atoms with Gasteiger partial charge in [-0.2, -0.15) is 0 Å². The van der Waals surface area contributed by atoms with Gasteiger partial charge in [-0.3, -0.25) is 4.79 Å². The molecule has 0 aliphatic rings. The van der Waals surface area contributed by atoms with Gasteiger partial charge in [-0.1, -0.05) is 60.7 Å². The zero-order chi connectivity index (χ0) is 26.5. The van der Waals surface area contributed by atoms with Gasteiger partial charge in [0.1, 0.15) is 36.5 Å². The van der Waals surface area contributed by atoms with E-state index in [9.17, 15) is 19.2 Å². The van der Waals surface area contributed by atoms with Gasteiger partial charge in [-0.15, -0.1) is 0 Å². The van der Waals surface area contributed by atoms with E-state index in [0.29, 0.717) is 17.6 Å². The van der Waals surface area contributed by atoms with E-state index < -0.39 is 30.2 Å². The van der Waals surface area contributed by atoms with Crippen LogP contribution in [0.2, 0.25) is 0 Å². The Hall–Kier alpha value is -4.86. The summed E-state index contributed by atoms with van der Waals surface area (Å²) in [5.41, 5.74) is 1.31. The number of carbonyl (C=O) groups is 4. The highest BCUT2D eigenvalue weighted by molar-refractivity contribution is 5.88. The highest BCUT2D eigenvalue weighted by Gasteiger charge is 2.25. The van der Waals surface area contributed by atoms with Crippen LogP contribution in [0.25, 0.3) is 0 Å². The minimum atomic E-state index is -1.27. The molecule has 2 unspecified atom stereocenters.